The number of thiophene rings is 1. The van der Waals surface area contributed by atoms with Crippen molar-refractivity contribution in [2.24, 2.45) is 0 Å². The van der Waals surface area contributed by atoms with Gasteiger partial charge in [-0.3, -0.25) is 14.2 Å². The van der Waals surface area contributed by atoms with Gasteiger partial charge in [0.2, 0.25) is 5.91 Å². The minimum atomic E-state index is -0.0568. The van der Waals surface area contributed by atoms with E-state index in [1.165, 1.54) is 23.3 Å². The number of benzene rings is 1. The Hall–Kier alpha value is -2.47. The number of piperidine rings is 1. The van der Waals surface area contributed by atoms with Crippen LogP contribution in [-0.4, -0.2) is 33.4 Å². The van der Waals surface area contributed by atoms with Gasteiger partial charge < -0.3 is 4.90 Å². The molecule has 0 saturated carbocycles. The van der Waals surface area contributed by atoms with Gasteiger partial charge >= 0.3 is 0 Å². The monoisotopic (exact) mass is 407 g/mol. The van der Waals surface area contributed by atoms with Crippen LogP contribution in [0.2, 0.25) is 0 Å². The van der Waals surface area contributed by atoms with Gasteiger partial charge in [-0.2, -0.15) is 0 Å². The molecule has 0 radical (unpaired) electrons. The Morgan fingerprint density at radius 3 is 2.55 bits per heavy atom. The van der Waals surface area contributed by atoms with Crippen LogP contribution in [0.4, 0.5) is 0 Å². The van der Waals surface area contributed by atoms with E-state index in [2.05, 4.69) is 0 Å². The molecular formula is C23H25N3O2S. The molecule has 1 aromatic carbocycles. The Kier molecular flexibility index (Phi) is 4.96. The summed E-state index contributed by atoms with van der Waals surface area (Å²) in [5, 5.41) is 0.746. The van der Waals surface area contributed by atoms with Gasteiger partial charge in [0.05, 0.1) is 5.39 Å². The van der Waals surface area contributed by atoms with Crippen LogP contribution < -0.4 is 5.56 Å². The zero-order chi connectivity index (χ0) is 19.8. The summed E-state index contributed by atoms with van der Waals surface area (Å²) in [7, 11) is 0. The number of hydrogen-bond acceptors (Lipinski definition) is 4. The number of hydrogen-bond donors (Lipinski definition) is 0. The Morgan fingerprint density at radius 2 is 1.76 bits per heavy atom. The number of fused-ring (bicyclic) bond motifs is 3. The maximum absolute atomic E-state index is 13.6. The summed E-state index contributed by atoms with van der Waals surface area (Å²) in [5.74, 6) is 0.626. The number of carbonyl (C=O) groups is 1. The number of aryl methyl sites for hydroxylation is 2. The maximum atomic E-state index is 13.6. The zero-order valence-electron chi connectivity index (χ0n) is 16.5. The smallest absolute Gasteiger partial charge is 0.263 e. The molecular weight excluding hydrogens is 382 g/mol. The molecule has 6 heteroatoms. The summed E-state index contributed by atoms with van der Waals surface area (Å²) < 4.78 is 1.62. The first kappa shape index (κ1) is 18.6. The van der Waals surface area contributed by atoms with E-state index in [-0.39, 0.29) is 18.0 Å². The van der Waals surface area contributed by atoms with Crippen molar-refractivity contribution in [1.82, 2.24) is 14.5 Å². The highest BCUT2D eigenvalue weighted by Crippen LogP contribution is 2.34. The fraction of sp³-hybridized carbons (Fsp3) is 0.435. The number of rotatable bonds is 3. The molecule has 0 bridgehead atoms. The lowest BCUT2D eigenvalue weighted by Crippen LogP contribution is -2.40. The third kappa shape index (κ3) is 3.39. The van der Waals surface area contributed by atoms with Crippen LogP contribution in [0.3, 0.4) is 0 Å². The second-order valence-corrected chi connectivity index (χ2v) is 9.11. The highest BCUT2D eigenvalue weighted by molar-refractivity contribution is 7.18. The number of nitrogens with zero attached hydrogens (tertiary/aromatic N) is 3. The predicted octanol–water partition coefficient (Wildman–Crippen LogP) is 4.02. The molecule has 1 aliphatic carbocycles. The molecule has 2 aromatic heterocycles. The van der Waals surface area contributed by atoms with E-state index in [1.807, 2.05) is 35.2 Å². The summed E-state index contributed by atoms with van der Waals surface area (Å²) in [6.45, 7) is 1.65. The van der Waals surface area contributed by atoms with E-state index in [1.54, 1.807) is 15.9 Å². The molecule has 1 amide bonds. The lowest BCUT2D eigenvalue weighted by molar-refractivity contribution is -0.132. The quantitative estimate of drug-likeness (QED) is 0.659. The molecule has 2 aliphatic rings. The van der Waals surface area contributed by atoms with Crippen molar-refractivity contribution in [3.63, 3.8) is 0 Å². The van der Waals surface area contributed by atoms with Gasteiger partial charge in [-0.1, -0.05) is 30.3 Å². The predicted molar refractivity (Wildman–Crippen MR) is 116 cm³/mol. The van der Waals surface area contributed by atoms with Crippen LogP contribution in [0.1, 0.15) is 42.5 Å². The molecule has 1 aliphatic heterocycles. The minimum absolute atomic E-state index is 0.0224. The van der Waals surface area contributed by atoms with Gasteiger partial charge in [0.15, 0.2) is 0 Å². The van der Waals surface area contributed by atoms with E-state index in [0.29, 0.717) is 5.82 Å². The third-order valence-electron chi connectivity index (χ3n) is 6.11. The summed E-state index contributed by atoms with van der Waals surface area (Å²) in [4.78, 5) is 35.6. The molecule has 5 rings (SSSR count). The average Bonchev–Trinajstić information content (AvgIpc) is 3.15. The highest BCUT2D eigenvalue weighted by Gasteiger charge is 2.25. The summed E-state index contributed by atoms with van der Waals surface area (Å²) in [6, 6.07) is 9.77. The second kappa shape index (κ2) is 7.75. The molecule has 3 heterocycles. The Labute approximate surface area is 174 Å². The van der Waals surface area contributed by atoms with Crippen molar-refractivity contribution in [2.45, 2.75) is 51.5 Å². The lowest BCUT2D eigenvalue weighted by Gasteiger charge is -2.27. The Balaban J connectivity index is 1.65. The van der Waals surface area contributed by atoms with Gasteiger partial charge in [-0.05, 0) is 50.5 Å². The Bertz CT molecular complexity index is 1110. The molecule has 1 saturated heterocycles. The maximum Gasteiger partial charge on any atom is 0.263 e. The first-order chi connectivity index (χ1) is 14.2. The topological polar surface area (TPSA) is 55.2 Å². The van der Waals surface area contributed by atoms with Gasteiger partial charge in [0, 0.05) is 23.5 Å². The second-order valence-electron chi connectivity index (χ2n) is 8.03. The molecule has 29 heavy (non-hydrogen) atoms. The van der Waals surface area contributed by atoms with E-state index in [9.17, 15) is 9.59 Å². The molecule has 5 nitrogen and oxygen atoms in total. The van der Waals surface area contributed by atoms with Crippen LogP contribution in [0, 0.1) is 0 Å². The van der Waals surface area contributed by atoms with Crippen molar-refractivity contribution >= 4 is 27.5 Å². The standard InChI is InChI=1S/C23H25N3O2S/c27-19(25-13-7-2-8-14-25)15-26-21(16-9-3-1-4-10-16)24-22-20(23(26)28)17-11-5-6-12-18(17)29-22/h1,3-4,9-10H,2,5-8,11-15H2. The average molecular weight is 408 g/mol. The highest BCUT2D eigenvalue weighted by atomic mass is 32.1. The van der Waals surface area contributed by atoms with Crippen LogP contribution in [0.25, 0.3) is 21.6 Å². The largest absolute Gasteiger partial charge is 0.341 e. The van der Waals surface area contributed by atoms with Crippen LogP contribution in [0.5, 0.6) is 0 Å². The van der Waals surface area contributed by atoms with Crippen molar-refractivity contribution in [3.8, 4) is 11.4 Å². The third-order valence-corrected chi connectivity index (χ3v) is 7.29. The van der Waals surface area contributed by atoms with Crippen LogP contribution in [-0.2, 0) is 24.2 Å². The number of likely N-dealkylation sites (tertiary alicyclic amines) is 1. The first-order valence-corrected chi connectivity index (χ1v) is 11.4. The van der Waals surface area contributed by atoms with Crippen LogP contribution >= 0.6 is 11.3 Å². The SMILES string of the molecule is O=C(Cn1c(-c2ccccc2)nc2sc3c(c2c1=O)CCCC3)N1CCCCC1. The minimum Gasteiger partial charge on any atom is -0.341 e. The summed E-state index contributed by atoms with van der Waals surface area (Å²) in [6.07, 6.45) is 7.52. The van der Waals surface area contributed by atoms with Crippen molar-refractivity contribution in [1.29, 1.82) is 0 Å². The van der Waals surface area contributed by atoms with E-state index in [0.717, 1.165) is 61.0 Å². The van der Waals surface area contributed by atoms with E-state index < -0.39 is 0 Å². The fourth-order valence-electron chi connectivity index (χ4n) is 4.57. The first-order valence-electron chi connectivity index (χ1n) is 10.6. The normalized spacial score (nSPS) is 16.8. The van der Waals surface area contributed by atoms with Gasteiger partial charge in [-0.25, -0.2) is 4.98 Å². The summed E-state index contributed by atoms with van der Waals surface area (Å²) >= 11 is 1.66. The van der Waals surface area contributed by atoms with E-state index >= 15 is 0 Å². The lowest BCUT2D eigenvalue weighted by atomic mass is 9.97. The van der Waals surface area contributed by atoms with Crippen LogP contribution in [0.15, 0.2) is 35.1 Å². The molecule has 3 aromatic rings. The van der Waals surface area contributed by atoms with Crippen molar-refractivity contribution < 1.29 is 4.79 Å². The molecule has 150 valence electrons. The van der Waals surface area contributed by atoms with Gasteiger partial charge in [-0.15, -0.1) is 11.3 Å². The fourth-order valence-corrected chi connectivity index (χ4v) is 5.82. The van der Waals surface area contributed by atoms with Gasteiger partial charge in [0.1, 0.15) is 17.2 Å². The van der Waals surface area contributed by atoms with Crippen molar-refractivity contribution in [2.75, 3.05) is 13.1 Å². The molecule has 0 N–H and O–H groups in total. The molecule has 0 spiro atoms. The Morgan fingerprint density at radius 1 is 1.00 bits per heavy atom. The number of aromatic nitrogens is 2. The zero-order valence-corrected chi connectivity index (χ0v) is 17.3. The van der Waals surface area contributed by atoms with Crippen molar-refractivity contribution in [3.05, 3.63) is 51.1 Å². The molecule has 0 atom stereocenters. The van der Waals surface area contributed by atoms with E-state index in [4.69, 9.17) is 4.98 Å². The van der Waals surface area contributed by atoms with Gasteiger partial charge in [0.25, 0.3) is 5.56 Å². The summed E-state index contributed by atoms with van der Waals surface area (Å²) in [5.41, 5.74) is 2.00. The number of carbonyl (C=O) groups excluding carboxylic acids is 1. The molecule has 0 unspecified atom stereocenters. The number of amides is 1. The molecule has 1 fully saturated rings.